The van der Waals surface area contributed by atoms with Crippen LogP contribution in [0.5, 0.6) is 0 Å². The Balaban J connectivity index is 1.79. The van der Waals surface area contributed by atoms with Crippen molar-refractivity contribution in [2.75, 3.05) is 19.3 Å². The van der Waals surface area contributed by atoms with Gasteiger partial charge in [0.15, 0.2) is 0 Å². The van der Waals surface area contributed by atoms with E-state index < -0.39 is 10.0 Å². The fourth-order valence-electron chi connectivity index (χ4n) is 2.18. The van der Waals surface area contributed by atoms with Crippen LogP contribution in [0.3, 0.4) is 0 Å². The average Bonchev–Trinajstić information content (AvgIpc) is 2.88. The largest absolute Gasteiger partial charge is 0.472 e. The van der Waals surface area contributed by atoms with Gasteiger partial charge < -0.3 is 9.73 Å². The first-order valence-corrected chi connectivity index (χ1v) is 8.05. The maximum atomic E-state index is 11.9. The average molecular weight is 286 g/mol. The van der Waals surface area contributed by atoms with Crippen LogP contribution in [0.15, 0.2) is 23.0 Å². The number of sulfonamides is 1. The Kier molecular flexibility index (Phi) is 4.26. The molecule has 106 valence electrons. The lowest BCUT2D eigenvalue weighted by Crippen LogP contribution is -2.42. The van der Waals surface area contributed by atoms with Crippen LogP contribution >= 0.6 is 0 Å². The number of carbonyl (C=O) groups excluding carboxylic acids is 1. The van der Waals surface area contributed by atoms with E-state index in [-0.39, 0.29) is 11.8 Å². The van der Waals surface area contributed by atoms with Crippen LogP contribution in [-0.2, 0) is 21.4 Å². The molecule has 1 aliphatic rings. The van der Waals surface area contributed by atoms with E-state index in [1.54, 1.807) is 18.6 Å². The zero-order valence-electron chi connectivity index (χ0n) is 10.8. The fourth-order valence-corrected chi connectivity index (χ4v) is 3.05. The fraction of sp³-hybridized carbons (Fsp3) is 0.583. The maximum Gasteiger partial charge on any atom is 0.223 e. The van der Waals surface area contributed by atoms with Gasteiger partial charge >= 0.3 is 0 Å². The summed E-state index contributed by atoms with van der Waals surface area (Å²) in [5.74, 6) is -0.126. The van der Waals surface area contributed by atoms with Gasteiger partial charge in [-0.3, -0.25) is 4.79 Å². The molecule has 0 radical (unpaired) electrons. The van der Waals surface area contributed by atoms with E-state index in [2.05, 4.69) is 5.32 Å². The Hall–Kier alpha value is -1.34. The first kappa shape index (κ1) is 14.1. The standard InChI is InChI=1S/C12H18N2O4S/c1-19(16,17)14-5-2-11(3-6-14)12(15)13-8-10-4-7-18-9-10/h4,7,9,11H,2-3,5-6,8H2,1H3,(H,13,15). The predicted molar refractivity (Wildman–Crippen MR) is 69.7 cm³/mol. The Morgan fingerprint density at radius 1 is 1.47 bits per heavy atom. The van der Waals surface area contributed by atoms with Gasteiger partial charge in [0.2, 0.25) is 15.9 Å². The van der Waals surface area contributed by atoms with Gasteiger partial charge in [-0.1, -0.05) is 0 Å². The van der Waals surface area contributed by atoms with Crippen molar-refractivity contribution >= 4 is 15.9 Å². The second kappa shape index (κ2) is 5.75. The van der Waals surface area contributed by atoms with Crippen molar-refractivity contribution in [1.82, 2.24) is 9.62 Å². The Labute approximate surface area is 112 Å². The molecule has 0 aromatic carbocycles. The SMILES string of the molecule is CS(=O)(=O)N1CCC(C(=O)NCc2ccoc2)CC1. The van der Waals surface area contributed by atoms with Crippen LogP contribution in [0.1, 0.15) is 18.4 Å². The number of nitrogens with one attached hydrogen (secondary N) is 1. The Bertz CT molecular complexity index is 516. The predicted octanol–water partition coefficient (Wildman–Crippen LogP) is 0.567. The van der Waals surface area contributed by atoms with Crippen molar-refractivity contribution in [3.63, 3.8) is 0 Å². The number of rotatable bonds is 4. The van der Waals surface area contributed by atoms with Crippen LogP contribution < -0.4 is 5.32 Å². The number of amides is 1. The molecule has 6 nitrogen and oxygen atoms in total. The summed E-state index contributed by atoms with van der Waals surface area (Å²) in [6.07, 6.45) is 5.50. The highest BCUT2D eigenvalue weighted by Gasteiger charge is 2.28. The molecule has 0 bridgehead atoms. The van der Waals surface area contributed by atoms with Crippen LogP contribution in [0.25, 0.3) is 0 Å². The van der Waals surface area contributed by atoms with Crippen LogP contribution in [0.4, 0.5) is 0 Å². The Morgan fingerprint density at radius 3 is 2.68 bits per heavy atom. The lowest BCUT2D eigenvalue weighted by molar-refractivity contribution is -0.126. The molecule has 1 aromatic heterocycles. The van der Waals surface area contributed by atoms with Gasteiger partial charge in [-0.15, -0.1) is 0 Å². The highest BCUT2D eigenvalue weighted by Crippen LogP contribution is 2.19. The molecule has 7 heteroatoms. The van der Waals surface area contributed by atoms with E-state index in [9.17, 15) is 13.2 Å². The first-order chi connectivity index (χ1) is 8.97. The topological polar surface area (TPSA) is 79.6 Å². The molecular formula is C12H18N2O4S. The van der Waals surface area contributed by atoms with E-state index >= 15 is 0 Å². The smallest absolute Gasteiger partial charge is 0.223 e. The summed E-state index contributed by atoms with van der Waals surface area (Å²) in [5, 5.41) is 2.84. The summed E-state index contributed by atoms with van der Waals surface area (Å²) >= 11 is 0. The third kappa shape index (κ3) is 3.81. The monoisotopic (exact) mass is 286 g/mol. The van der Waals surface area contributed by atoms with Crippen molar-refractivity contribution in [3.05, 3.63) is 24.2 Å². The van der Waals surface area contributed by atoms with Crippen LogP contribution in [0.2, 0.25) is 0 Å². The summed E-state index contributed by atoms with van der Waals surface area (Å²) in [6, 6.07) is 1.80. The van der Waals surface area contributed by atoms with E-state index in [0.29, 0.717) is 32.5 Å². The third-order valence-electron chi connectivity index (χ3n) is 3.34. The highest BCUT2D eigenvalue weighted by molar-refractivity contribution is 7.88. The summed E-state index contributed by atoms with van der Waals surface area (Å²) in [5.41, 5.74) is 0.918. The number of hydrogen-bond acceptors (Lipinski definition) is 4. The van der Waals surface area contributed by atoms with E-state index in [4.69, 9.17) is 4.42 Å². The van der Waals surface area contributed by atoms with Crippen molar-refractivity contribution in [2.24, 2.45) is 5.92 Å². The quantitative estimate of drug-likeness (QED) is 0.877. The molecule has 1 fully saturated rings. The number of nitrogens with zero attached hydrogens (tertiary/aromatic N) is 1. The minimum Gasteiger partial charge on any atom is -0.472 e. The molecule has 1 N–H and O–H groups in total. The molecule has 0 aliphatic carbocycles. The minimum absolute atomic E-state index is 0.0191. The summed E-state index contributed by atoms with van der Waals surface area (Å²) in [7, 11) is -3.13. The van der Waals surface area contributed by atoms with Gasteiger partial charge in [0.05, 0.1) is 18.8 Å². The van der Waals surface area contributed by atoms with Gasteiger partial charge in [-0.2, -0.15) is 0 Å². The zero-order valence-corrected chi connectivity index (χ0v) is 11.6. The molecule has 0 unspecified atom stereocenters. The number of hydrogen-bond donors (Lipinski definition) is 1. The van der Waals surface area contributed by atoms with Crippen LogP contribution in [0, 0.1) is 5.92 Å². The summed E-state index contributed by atoms with van der Waals surface area (Å²) < 4.78 is 29.1. The van der Waals surface area contributed by atoms with Gasteiger partial charge in [-0.05, 0) is 18.9 Å². The second-order valence-electron chi connectivity index (χ2n) is 4.79. The number of furan rings is 1. The second-order valence-corrected chi connectivity index (χ2v) is 6.77. The molecule has 0 spiro atoms. The van der Waals surface area contributed by atoms with Crippen molar-refractivity contribution in [3.8, 4) is 0 Å². The molecule has 1 aromatic rings. The third-order valence-corrected chi connectivity index (χ3v) is 4.64. The Morgan fingerprint density at radius 2 is 2.16 bits per heavy atom. The number of piperidine rings is 1. The molecule has 2 heterocycles. The van der Waals surface area contributed by atoms with Gasteiger partial charge in [-0.25, -0.2) is 12.7 Å². The van der Waals surface area contributed by atoms with E-state index in [1.807, 2.05) is 0 Å². The van der Waals surface area contributed by atoms with Gasteiger partial charge in [0.1, 0.15) is 0 Å². The van der Waals surface area contributed by atoms with Crippen molar-refractivity contribution in [1.29, 1.82) is 0 Å². The lowest BCUT2D eigenvalue weighted by atomic mass is 9.97. The van der Waals surface area contributed by atoms with Gasteiger partial charge in [0.25, 0.3) is 0 Å². The molecule has 19 heavy (non-hydrogen) atoms. The lowest BCUT2D eigenvalue weighted by Gasteiger charge is -2.29. The van der Waals surface area contributed by atoms with Crippen molar-refractivity contribution < 1.29 is 17.6 Å². The van der Waals surface area contributed by atoms with Gasteiger partial charge in [0, 0.05) is 31.1 Å². The van der Waals surface area contributed by atoms with E-state index in [1.165, 1.54) is 10.6 Å². The number of carbonyl (C=O) groups is 1. The zero-order chi connectivity index (χ0) is 13.9. The van der Waals surface area contributed by atoms with Crippen molar-refractivity contribution in [2.45, 2.75) is 19.4 Å². The molecule has 1 saturated heterocycles. The minimum atomic E-state index is -3.13. The molecule has 0 saturated carbocycles. The summed E-state index contributed by atoms with van der Waals surface area (Å²) in [6.45, 7) is 1.28. The first-order valence-electron chi connectivity index (χ1n) is 6.21. The maximum absolute atomic E-state index is 11.9. The molecular weight excluding hydrogens is 268 g/mol. The summed E-state index contributed by atoms with van der Waals surface area (Å²) in [4.78, 5) is 11.9. The molecule has 0 atom stereocenters. The molecule has 1 amide bonds. The van der Waals surface area contributed by atoms with Crippen LogP contribution in [-0.4, -0.2) is 38.0 Å². The highest BCUT2D eigenvalue weighted by atomic mass is 32.2. The molecule has 2 rings (SSSR count). The molecule has 1 aliphatic heterocycles. The van der Waals surface area contributed by atoms with E-state index in [0.717, 1.165) is 5.56 Å². The normalized spacial score (nSPS) is 18.4.